The van der Waals surface area contributed by atoms with Gasteiger partial charge in [0.15, 0.2) is 17.5 Å². The van der Waals surface area contributed by atoms with Crippen molar-refractivity contribution in [3.05, 3.63) is 35.1 Å². The third kappa shape index (κ3) is 4.13. The van der Waals surface area contributed by atoms with Gasteiger partial charge in [-0.25, -0.2) is 13.2 Å². The second kappa shape index (κ2) is 6.28. The minimum atomic E-state index is -1.65. The Morgan fingerprint density at radius 3 is 2.47 bits per heavy atom. The SMILES string of the molecule is CC(C)(CCCl)CNC(=O)c1ccc(F)c(F)c1F. The number of carbonyl (C=O) groups excluding carboxylic acids is 1. The lowest BCUT2D eigenvalue weighted by Crippen LogP contribution is -2.34. The molecule has 0 saturated heterocycles. The fraction of sp³-hybridized carbons (Fsp3) is 0.462. The predicted octanol–water partition coefficient (Wildman–Crippen LogP) is 3.49. The summed E-state index contributed by atoms with van der Waals surface area (Å²) in [6, 6.07) is 1.63. The first-order valence-corrected chi connectivity index (χ1v) is 6.29. The van der Waals surface area contributed by atoms with Gasteiger partial charge in [-0.05, 0) is 24.0 Å². The number of alkyl halides is 1. The molecule has 0 bridgehead atoms. The third-order valence-corrected chi connectivity index (χ3v) is 2.97. The Morgan fingerprint density at radius 2 is 1.89 bits per heavy atom. The van der Waals surface area contributed by atoms with Crippen molar-refractivity contribution in [3.8, 4) is 0 Å². The molecule has 0 fully saturated rings. The summed E-state index contributed by atoms with van der Waals surface area (Å²) in [6.45, 7) is 4.03. The first kappa shape index (κ1) is 15.8. The van der Waals surface area contributed by atoms with Gasteiger partial charge in [0, 0.05) is 12.4 Å². The molecule has 1 aromatic carbocycles. The maximum Gasteiger partial charge on any atom is 0.254 e. The molecule has 1 N–H and O–H groups in total. The first-order valence-electron chi connectivity index (χ1n) is 5.76. The van der Waals surface area contributed by atoms with Crippen LogP contribution in [0.5, 0.6) is 0 Å². The van der Waals surface area contributed by atoms with Gasteiger partial charge < -0.3 is 5.32 Å². The van der Waals surface area contributed by atoms with Crippen LogP contribution in [0.1, 0.15) is 30.6 Å². The number of benzene rings is 1. The molecule has 0 radical (unpaired) electrons. The average Bonchev–Trinajstić information content (AvgIpc) is 2.33. The van der Waals surface area contributed by atoms with Crippen LogP contribution in [0.15, 0.2) is 12.1 Å². The summed E-state index contributed by atoms with van der Waals surface area (Å²) in [6.07, 6.45) is 0.662. The largest absolute Gasteiger partial charge is 0.351 e. The highest BCUT2D eigenvalue weighted by atomic mass is 35.5. The molecule has 0 aliphatic heterocycles. The summed E-state index contributed by atoms with van der Waals surface area (Å²) in [5.41, 5.74) is -0.771. The van der Waals surface area contributed by atoms with E-state index in [-0.39, 0.29) is 12.0 Å². The van der Waals surface area contributed by atoms with Gasteiger partial charge in [-0.3, -0.25) is 4.79 Å². The highest BCUT2D eigenvalue weighted by Crippen LogP contribution is 2.20. The highest BCUT2D eigenvalue weighted by Gasteiger charge is 2.22. The molecule has 2 nitrogen and oxygen atoms in total. The number of nitrogens with one attached hydrogen (secondary N) is 1. The quantitative estimate of drug-likeness (QED) is 0.653. The Balaban J connectivity index is 2.77. The molecule has 0 unspecified atom stereocenters. The Kier molecular flexibility index (Phi) is 5.23. The molecule has 0 aliphatic carbocycles. The number of hydrogen-bond acceptors (Lipinski definition) is 1. The zero-order valence-corrected chi connectivity index (χ0v) is 11.5. The van der Waals surface area contributed by atoms with Crippen molar-refractivity contribution in [1.29, 1.82) is 0 Å². The van der Waals surface area contributed by atoms with Crippen LogP contribution < -0.4 is 5.32 Å². The van der Waals surface area contributed by atoms with Crippen molar-refractivity contribution in [3.63, 3.8) is 0 Å². The maximum absolute atomic E-state index is 13.4. The van der Waals surface area contributed by atoms with Gasteiger partial charge in [-0.2, -0.15) is 0 Å². The van der Waals surface area contributed by atoms with Gasteiger partial charge in [0.05, 0.1) is 5.56 Å². The normalized spacial score (nSPS) is 11.5. The summed E-state index contributed by atoms with van der Waals surface area (Å²) >= 11 is 5.62. The summed E-state index contributed by atoms with van der Waals surface area (Å²) < 4.78 is 39.1. The molecule has 0 aromatic heterocycles. The molecule has 106 valence electrons. The molecule has 19 heavy (non-hydrogen) atoms. The van der Waals surface area contributed by atoms with Crippen LogP contribution in [0.4, 0.5) is 13.2 Å². The van der Waals surface area contributed by atoms with E-state index in [2.05, 4.69) is 5.32 Å². The van der Waals surface area contributed by atoms with E-state index in [1.165, 1.54) is 0 Å². The van der Waals surface area contributed by atoms with Crippen LogP contribution in [-0.2, 0) is 0 Å². The van der Waals surface area contributed by atoms with E-state index < -0.39 is 28.9 Å². The number of carbonyl (C=O) groups is 1. The van der Waals surface area contributed by atoms with Crippen LogP contribution in [0.2, 0.25) is 0 Å². The van der Waals surface area contributed by atoms with Gasteiger partial charge in [-0.1, -0.05) is 13.8 Å². The van der Waals surface area contributed by atoms with Crippen molar-refractivity contribution in [2.75, 3.05) is 12.4 Å². The molecule has 0 saturated carbocycles. The monoisotopic (exact) mass is 293 g/mol. The smallest absolute Gasteiger partial charge is 0.254 e. The zero-order valence-electron chi connectivity index (χ0n) is 10.7. The highest BCUT2D eigenvalue weighted by molar-refractivity contribution is 6.17. The second-order valence-corrected chi connectivity index (χ2v) is 5.39. The van der Waals surface area contributed by atoms with Crippen molar-refractivity contribution in [1.82, 2.24) is 5.32 Å². The molecule has 1 amide bonds. The molecular weight excluding hydrogens is 279 g/mol. The van der Waals surface area contributed by atoms with E-state index in [1.807, 2.05) is 13.8 Å². The van der Waals surface area contributed by atoms with Crippen LogP contribution in [0, 0.1) is 22.9 Å². The number of amides is 1. The lowest BCUT2D eigenvalue weighted by Gasteiger charge is -2.23. The summed E-state index contributed by atoms with van der Waals surface area (Å²) in [7, 11) is 0. The van der Waals surface area contributed by atoms with Crippen molar-refractivity contribution >= 4 is 17.5 Å². The molecule has 1 aromatic rings. The molecular formula is C13H15ClF3NO. The molecule has 0 atom stereocenters. The van der Waals surface area contributed by atoms with Crippen LogP contribution in [0.25, 0.3) is 0 Å². The van der Waals surface area contributed by atoms with E-state index in [1.54, 1.807) is 0 Å². The minimum Gasteiger partial charge on any atom is -0.351 e. The fourth-order valence-corrected chi connectivity index (χ4v) is 1.97. The Bertz CT molecular complexity index is 477. The molecule has 0 aliphatic rings. The molecule has 0 spiro atoms. The summed E-state index contributed by atoms with van der Waals surface area (Å²) in [5, 5.41) is 2.48. The van der Waals surface area contributed by atoms with E-state index in [0.717, 1.165) is 12.1 Å². The fourth-order valence-electron chi connectivity index (χ4n) is 1.46. The van der Waals surface area contributed by atoms with Gasteiger partial charge in [0.1, 0.15) is 0 Å². The lowest BCUT2D eigenvalue weighted by atomic mass is 9.90. The lowest BCUT2D eigenvalue weighted by molar-refractivity contribution is 0.0930. The van der Waals surface area contributed by atoms with Crippen LogP contribution in [-0.4, -0.2) is 18.3 Å². The average molecular weight is 294 g/mol. The van der Waals surface area contributed by atoms with E-state index in [4.69, 9.17) is 11.6 Å². The second-order valence-electron chi connectivity index (χ2n) is 5.01. The number of hydrogen-bond donors (Lipinski definition) is 1. The third-order valence-electron chi connectivity index (χ3n) is 2.78. The molecule has 1 rings (SSSR count). The van der Waals surface area contributed by atoms with Crippen molar-refractivity contribution in [2.24, 2.45) is 5.41 Å². The predicted molar refractivity (Wildman–Crippen MR) is 67.8 cm³/mol. The Labute approximate surface area is 114 Å². The molecule has 0 heterocycles. The van der Waals surface area contributed by atoms with Crippen LogP contribution >= 0.6 is 11.6 Å². The number of rotatable bonds is 5. The van der Waals surface area contributed by atoms with E-state index >= 15 is 0 Å². The van der Waals surface area contributed by atoms with Crippen LogP contribution in [0.3, 0.4) is 0 Å². The Morgan fingerprint density at radius 1 is 1.26 bits per heavy atom. The topological polar surface area (TPSA) is 29.1 Å². The van der Waals surface area contributed by atoms with E-state index in [9.17, 15) is 18.0 Å². The van der Waals surface area contributed by atoms with Gasteiger partial charge in [-0.15, -0.1) is 11.6 Å². The van der Waals surface area contributed by atoms with Crippen molar-refractivity contribution in [2.45, 2.75) is 20.3 Å². The molecule has 6 heteroatoms. The summed E-state index contributed by atoms with van der Waals surface area (Å²) in [5.74, 6) is -4.79. The standard InChI is InChI=1S/C13H15ClF3NO/c1-13(2,5-6-14)7-18-12(19)8-3-4-9(15)11(17)10(8)16/h3-4H,5-7H2,1-2H3,(H,18,19). The Hall–Kier alpha value is -1.23. The van der Waals surface area contributed by atoms with Crippen molar-refractivity contribution < 1.29 is 18.0 Å². The maximum atomic E-state index is 13.4. The first-order chi connectivity index (χ1) is 8.78. The van der Waals surface area contributed by atoms with Gasteiger partial charge >= 0.3 is 0 Å². The van der Waals surface area contributed by atoms with Gasteiger partial charge in [0.25, 0.3) is 5.91 Å². The number of halogens is 4. The minimum absolute atomic E-state index is 0.257. The van der Waals surface area contributed by atoms with E-state index in [0.29, 0.717) is 12.3 Å². The van der Waals surface area contributed by atoms with Gasteiger partial charge in [0.2, 0.25) is 0 Å². The summed E-state index contributed by atoms with van der Waals surface area (Å²) in [4.78, 5) is 11.7. The zero-order chi connectivity index (χ0) is 14.6.